The van der Waals surface area contributed by atoms with Gasteiger partial charge in [0.15, 0.2) is 11.5 Å². The largest absolute Gasteiger partial charge is 0.493 e. The lowest BCUT2D eigenvalue weighted by molar-refractivity contribution is -0.480. The van der Waals surface area contributed by atoms with Crippen molar-refractivity contribution >= 4 is 5.97 Å². The molecule has 0 bridgehead atoms. The van der Waals surface area contributed by atoms with Crippen molar-refractivity contribution in [2.24, 2.45) is 0 Å². The second-order valence-electron chi connectivity index (χ2n) is 3.85. The lowest BCUT2D eigenvalue weighted by atomic mass is 9.95. The fourth-order valence-electron chi connectivity index (χ4n) is 1.74. The molecular weight excluding hydrogens is 254 g/mol. The Morgan fingerprint density at radius 3 is 2.47 bits per heavy atom. The molecule has 0 saturated heterocycles. The number of nitro groups is 1. The predicted molar refractivity (Wildman–Crippen MR) is 66.4 cm³/mol. The zero-order chi connectivity index (χ0) is 14.4. The van der Waals surface area contributed by atoms with Gasteiger partial charge in [-0.25, -0.2) is 0 Å². The van der Waals surface area contributed by atoms with Gasteiger partial charge in [-0.05, 0) is 17.7 Å². The summed E-state index contributed by atoms with van der Waals surface area (Å²) in [5.74, 6) is -1.17. The van der Waals surface area contributed by atoms with E-state index in [1.807, 2.05) is 0 Å². The third kappa shape index (κ3) is 3.84. The van der Waals surface area contributed by atoms with Crippen LogP contribution in [0.15, 0.2) is 18.2 Å². The van der Waals surface area contributed by atoms with Gasteiger partial charge in [-0.2, -0.15) is 0 Å². The van der Waals surface area contributed by atoms with E-state index in [4.69, 9.17) is 14.6 Å². The molecule has 7 nitrogen and oxygen atoms in total. The number of aliphatic carboxylic acids is 1. The molecule has 1 atom stereocenters. The molecule has 1 rings (SSSR count). The van der Waals surface area contributed by atoms with E-state index < -0.39 is 23.4 Å². The van der Waals surface area contributed by atoms with Crippen LogP contribution < -0.4 is 9.47 Å². The number of carboxylic acid groups (broad SMARTS) is 1. The smallest absolute Gasteiger partial charge is 0.311 e. The van der Waals surface area contributed by atoms with Crippen LogP contribution in [0.5, 0.6) is 11.5 Å². The number of hydrogen-bond acceptors (Lipinski definition) is 5. The fourth-order valence-corrected chi connectivity index (χ4v) is 1.74. The molecule has 0 amide bonds. The molecule has 0 aliphatic rings. The van der Waals surface area contributed by atoms with Crippen molar-refractivity contribution < 1.29 is 24.3 Å². The third-order valence-corrected chi connectivity index (χ3v) is 2.71. The molecule has 0 heterocycles. The maximum Gasteiger partial charge on any atom is 0.311 e. The first-order valence-corrected chi connectivity index (χ1v) is 5.56. The van der Waals surface area contributed by atoms with Crippen LogP contribution in [0.2, 0.25) is 0 Å². The lowest BCUT2D eigenvalue weighted by Crippen LogP contribution is -2.16. The van der Waals surface area contributed by atoms with Gasteiger partial charge >= 0.3 is 5.97 Å². The molecule has 0 fully saturated rings. The summed E-state index contributed by atoms with van der Waals surface area (Å²) in [6.45, 7) is -0.398. The molecule has 1 unspecified atom stereocenters. The molecule has 1 aromatic rings. The molecule has 0 aliphatic heterocycles. The summed E-state index contributed by atoms with van der Waals surface area (Å²) in [4.78, 5) is 21.0. The number of carbonyl (C=O) groups is 1. The Hall–Kier alpha value is -2.31. The summed E-state index contributed by atoms with van der Waals surface area (Å²) in [5, 5.41) is 19.5. The van der Waals surface area contributed by atoms with Crippen LogP contribution in [0.3, 0.4) is 0 Å². The Kier molecular flexibility index (Phi) is 5.11. The maximum atomic E-state index is 11.2. The SMILES string of the molecule is COc1ccc(C(CC[N+](=O)[O-])C(=O)O)cc1OC. The average molecular weight is 269 g/mol. The van der Waals surface area contributed by atoms with Crippen LogP contribution >= 0.6 is 0 Å². The highest BCUT2D eigenvalue weighted by molar-refractivity contribution is 5.76. The van der Waals surface area contributed by atoms with Crippen molar-refractivity contribution in [2.75, 3.05) is 20.8 Å². The first-order valence-electron chi connectivity index (χ1n) is 5.56. The van der Waals surface area contributed by atoms with Crippen molar-refractivity contribution in [1.29, 1.82) is 0 Å². The van der Waals surface area contributed by atoms with E-state index in [1.165, 1.54) is 20.3 Å². The summed E-state index contributed by atoms with van der Waals surface area (Å²) >= 11 is 0. The van der Waals surface area contributed by atoms with E-state index in [1.54, 1.807) is 12.1 Å². The van der Waals surface area contributed by atoms with Crippen molar-refractivity contribution in [1.82, 2.24) is 0 Å². The molecule has 1 N–H and O–H groups in total. The Morgan fingerprint density at radius 1 is 1.37 bits per heavy atom. The summed E-state index contributed by atoms with van der Waals surface area (Å²) in [6.07, 6.45) is -0.0716. The van der Waals surface area contributed by atoms with E-state index in [-0.39, 0.29) is 6.42 Å². The average Bonchev–Trinajstić information content (AvgIpc) is 2.37. The summed E-state index contributed by atoms with van der Waals surface area (Å²) in [5.41, 5.74) is 0.451. The lowest BCUT2D eigenvalue weighted by Gasteiger charge is -2.14. The van der Waals surface area contributed by atoms with Gasteiger partial charge in [-0.3, -0.25) is 14.9 Å². The summed E-state index contributed by atoms with van der Waals surface area (Å²) < 4.78 is 10.1. The molecule has 0 saturated carbocycles. The maximum absolute atomic E-state index is 11.2. The van der Waals surface area contributed by atoms with Gasteiger partial charge in [0.1, 0.15) is 0 Å². The van der Waals surface area contributed by atoms with Gasteiger partial charge in [0.25, 0.3) is 0 Å². The molecule has 0 spiro atoms. The first kappa shape index (κ1) is 14.7. The number of rotatable bonds is 7. The number of nitrogens with zero attached hydrogens (tertiary/aromatic N) is 1. The molecule has 7 heteroatoms. The van der Waals surface area contributed by atoms with Crippen LogP contribution in [0.25, 0.3) is 0 Å². The normalized spacial score (nSPS) is 11.7. The fraction of sp³-hybridized carbons (Fsp3) is 0.417. The van der Waals surface area contributed by atoms with Crippen LogP contribution in [-0.2, 0) is 4.79 Å². The second kappa shape index (κ2) is 6.58. The van der Waals surface area contributed by atoms with Gasteiger partial charge in [0.2, 0.25) is 6.54 Å². The standard InChI is InChI=1S/C12H15NO6/c1-18-10-4-3-8(7-11(10)19-2)9(12(14)15)5-6-13(16)17/h3-4,7,9H,5-6H2,1-2H3,(H,14,15). The van der Waals surface area contributed by atoms with Crippen molar-refractivity contribution in [3.63, 3.8) is 0 Å². The Bertz CT molecular complexity index is 473. The minimum absolute atomic E-state index is 0.0716. The molecule has 0 aromatic heterocycles. The highest BCUT2D eigenvalue weighted by Crippen LogP contribution is 2.31. The minimum Gasteiger partial charge on any atom is -0.493 e. The third-order valence-electron chi connectivity index (χ3n) is 2.71. The Morgan fingerprint density at radius 2 is 2.00 bits per heavy atom. The second-order valence-corrected chi connectivity index (χ2v) is 3.85. The van der Waals surface area contributed by atoms with Crippen LogP contribution in [0.4, 0.5) is 0 Å². The predicted octanol–water partition coefficient (Wildman–Crippen LogP) is 1.54. The van der Waals surface area contributed by atoms with E-state index in [9.17, 15) is 14.9 Å². The van der Waals surface area contributed by atoms with Gasteiger partial charge in [-0.1, -0.05) is 6.07 Å². The van der Waals surface area contributed by atoms with Gasteiger partial charge in [0.05, 0.1) is 20.1 Å². The van der Waals surface area contributed by atoms with Gasteiger partial charge in [0, 0.05) is 11.3 Å². The molecule has 19 heavy (non-hydrogen) atoms. The van der Waals surface area contributed by atoms with Gasteiger partial charge < -0.3 is 14.6 Å². The van der Waals surface area contributed by atoms with Gasteiger partial charge in [-0.15, -0.1) is 0 Å². The van der Waals surface area contributed by atoms with Crippen LogP contribution in [0.1, 0.15) is 17.9 Å². The Labute approximate surface area is 109 Å². The number of ether oxygens (including phenoxy) is 2. The molecule has 0 aliphatic carbocycles. The zero-order valence-electron chi connectivity index (χ0n) is 10.7. The summed E-state index contributed by atoms with van der Waals surface area (Å²) in [7, 11) is 2.91. The topological polar surface area (TPSA) is 98.9 Å². The van der Waals surface area contributed by atoms with E-state index in [0.29, 0.717) is 17.1 Å². The quantitative estimate of drug-likeness (QED) is 0.595. The van der Waals surface area contributed by atoms with E-state index in [0.717, 1.165) is 0 Å². The van der Waals surface area contributed by atoms with E-state index in [2.05, 4.69) is 0 Å². The zero-order valence-corrected chi connectivity index (χ0v) is 10.7. The minimum atomic E-state index is -1.10. The van der Waals surface area contributed by atoms with Crippen LogP contribution in [0, 0.1) is 10.1 Å². The Balaban J connectivity index is 3.02. The number of methoxy groups -OCH3 is 2. The monoisotopic (exact) mass is 269 g/mol. The van der Waals surface area contributed by atoms with Crippen molar-refractivity contribution in [3.8, 4) is 11.5 Å². The molecule has 104 valence electrons. The number of hydrogen-bond donors (Lipinski definition) is 1. The first-order chi connectivity index (χ1) is 8.99. The molecule has 0 radical (unpaired) electrons. The molecule has 1 aromatic carbocycles. The summed E-state index contributed by atoms with van der Waals surface area (Å²) in [6, 6.07) is 4.67. The van der Waals surface area contributed by atoms with Crippen LogP contribution in [-0.4, -0.2) is 36.8 Å². The van der Waals surface area contributed by atoms with E-state index >= 15 is 0 Å². The van der Waals surface area contributed by atoms with Crippen molar-refractivity contribution in [2.45, 2.75) is 12.3 Å². The van der Waals surface area contributed by atoms with Crippen molar-refractivity contribution in [3.05, 3.63) is 33.9 Å². The molecular formula is C12H15NO6. The highest BCUT2D eigenvalue weighted by atomic mass is 16.6. The number of carboxylic acids is 1. The highest BCUT2D eigenvalue weighted by Gasteiger charge is 2.23. The number of benzene rings is 1.